The fourth-order valence-electron chi connectivity index (χ4n) is 1.19. The van der Waals surface area contributed by atoms with Gasteiger partial charge in [-0.25, -0.2) is 5.06 Å². The molecular weight excluding hydrogens is 332 g/mol. The fourth-order valence-corrected chi connectivity index (χ4v) is 2.30. The highest BCUT2D eigenvalue weighted by Gasteiger charge is 2.09. The maximum absolute atomic E-state index is 11.6. The highest BCUT2D eigenvalue weighted by Crippen LogP contribution is 2.15. The molecular formula is C12H15BrN2O3S. The Labute approximate surface area is 124 Å². The summed E-state index contributed by atoms with van der Waals surface area (Å²) in [5, 5.41) is 3.89. The van der Waals surface area contributed by atoms with E-state index >= 15 is 0 Å². The third-order valence-corrected chi connectivity index (χ3v) is 3.60. The van der Waals surface area contributed by atoms with Crippen LogP contribution in [0, 0.1) is 0 Å². The van der Waals surface area contributed by atoms with Crippen molar-refractivity contribution < 1.29 is 14.4 Å². The van der Waals surface area contributed by atoms with Crippen LogP contribution in [0.15, 0.2) is 28.7 Å². The lowest BCUT2D eigenvalue weighted by Gasteiger charge is -2.12. The van der Waals surface area contributed by atoms with E-state index in [1.54, 1.807) is 6.07 Å². The predicted molar refractivity (Wildman–Crippen MR) is 79.9 cm³/mol. The van der Waals surface area contributed by atoms with Gasteiger partial charge in [0.25, 0.3) is 5.91 Å². The van der Waals surface area contributed by atoms with E-state index in [1.165, 1.54) is 25.9 Å². The van der Waals surface area contributed by atoms with Gasteiger partial charge < -0.3 is 5.32 Å². The lowest BCUT2D eigenvalue weighted by molar-refractivity contribution is -0.165. The molecule has 0 aliphatic heterocycles. The summed E-state index contributed by atoms with van der Waals surface area (Å²) < 4.78 is 0.898. The first kappa shape index (κ1) is 16.0. The Morgan fingerprint density at radius 1 is 1.42 bits per heavy atom. The molecule has 1 rings (SSSR count). The number of nitrogens with zero attached hydrogens (tertiary/aromatic N) is 1. The summed E-state index contributed by atoms with van der Waals surface area (Å²) in [5.74, 6) is 0.102. The first-order chi connectivity index (χ1) is 9.02. The first-order valence-corrected chi connectivity index (χ1v) is 7.41. The SMILES string of the molecule is CON(C)C(=O)CSCC(=O)Nc1cccc(Br)c1. The van der Waals surface area contributed by atoms with E-state index < -0.39 is 0 Å². The molecule has 0 fully saturated rings. The normalized spacial score (nSPS) is 10.1. The van der Waals surface area contributed by atoms with Crippen molar-refractivity contribution >= 4 is 45.2 Å². The number of hydrogen-bond acceptors (Lipinski definition) is 4. The number of thioether (sulfide) groups is 1. The second kappa shape index (κ2) is 8.19. The molecule has 7 heteroatoms. The van der Waals surface area contributed by atoms with Gasteiger partial charge in [0.05, 0.1) is 18.6 Å². The number of halogens is 1. The molecule has 1 aromatic rings. The zero-order chi connectivity index (χ0) is 14.3. The largest absolute Gasteiger partial charge is 0.325 e. The number of hydrogen-bond donors (Lipinski definition) is 1. The average Bonchev–Trinajstić information content (AvgIpc) is 2.37. The maximum atomic E-state index is 11.6. The van der Waals surface area contributed by atoms with E-state index in [4.69, 9.17) is 4.84 Å². The molecule has 0 bridgehead atoms. The second-order valence-corrected chi connectivity index (χ2v) is 5.53. The molecule has 0 unspecified atom stereocenters. The second-order valence-electron chi connectivity index (χ2n) is 3.63. The van der Waals surface area contributed by atoms with Crippen LogP contribution in [0.2, 0.25) is 0 Å². The molecule has 5 nitrogen and oxygen atoms in total. The lowest BCUT2D eigenvalue weighted by atomic mass is 10.3. The van der Waals surface area contributed by atoms with Crippen LogP contribution < -0.4 is 5.32 Å². The van der Waals surface area contributed by atoms with Crippen LogP contribution in [-0.4, -0.2) is 42.5 Å². The van der Waals surface area contributed by atoms with Crippen molar-refractivity contribution in [3.8, 4) is 0 Å². The third kappa shape index (κ3) is 6.09. The number of hydroxylamine groups is 2. The van der Waals surface area contributed by atoms with Gasteiger partial charge in [0.15, 0.2) is 0 Å². The summed E-state index contributed by atoms with van der Waals surface area (Å²) >= 11 is 4.57. The Kier molecular flexibility index (Phi) is 6.90. The Morgan fingerprint density at radius 3 is 2.79 bits per heavy atom. The monoisotopic (exact) mass is 346 g/mol. The molecule has 0 atom stereocenters. The van der Waals surface area contributed by atoms with Crippen molar-refractivity contribution in [2.75, 3.05) is 31.0 Å². The van der Waals surface area contributed by atoms with Crippen molar-refractivity contribution in [3.05, 3.63) is 28.7 Å². The van der Waals surface area contributed by atoms with Gasteiger partial charge in [0.2, 0.25) is 5.91 Å². The highest BCUT2D eigenvalue weighted by atomic mass is 79.9. The number of carbonyl (C=O) groups excluding carboxylic acids is 2. The van der Waals surface area contributed by atoms with E-state index in [2.05, 4.69) is 21.2 Å². The highest BCUT2D eigenvalue weighted by molar-refractivity contribution is 9.10. The molecule has 1 aromatic carbocycles. The Balaban J connectivity index is 2.31. The zero-order valence-corrected chi connectivity index (χ0v) is 13.1. The molecule has 2 amide bonds. The van der Waals surface area contributed by atoms with Gasteiger partial charge in [-0.05, 0) is 18.2 Å². The van der Waals surface area contributed by atoms with Gasteiger partial charge in [-0.1, -0.05) is 22.0 Å². The van der Waals surface area contributed by atoms with Crippen molar-refractivity contribution in [2.24, 2.45) is 0 Å². The van der Waals surface area contributed by atoms with Crippen LogP contribution >= 0.6 is 27.7 Å². The minimum Gasteiger partial charge on any atom is -0.325 e. The van der Waals surface area contributed by atoms with Gasteiger partial charge in [-0.3, -0.25) is 14.4 Å². The summed E-state index contributed by atoms with van der Waals surface area (Å²) in [7, 11) is 2.95. The van der Waals surface area contributed by atoms with Gasteiger partial charge >= 0.3 is 0 Å². The van der Waals surface area contributed by atoms with Crippen molar-refractivity contribution in [2.45, 2.75) is 0 Å². The smallest absolute Gasteiger partial charge is 0.255 e. The van der Waals surface area contributed by atoms with Crippen molar-refractivity contribution in [1.82, 2.24) is 5.06 Å². The summed E-state index contributed by atoms with van der Waals surface area (Å²) in [6.45, 7) is 0. The molecule has 0 aromatic heterocycles. The van der Waals surface area contributed by atoms with Crippen LogP contribution in [0.3, 0.4) is 0 Å². The number of amides is 2. The molecule has 0 saturated carbocycles. The summed E-state index contributed by atoms with van der Waals surface area (Å²) in [6.07, 6.45) is 0. The van der Waals surface area contributed by atoms with E-state index in [0.717, 1.165) is 15.2 Å². The van der Waals surface area contributed by atoms with E-state index in [-0.39, 0.29) is 23.3 Å². The minimum absolute atomic E-state index is 0.143. The van der Waals surface area contributed by atoms with Crippen LogP contribution in [0.4, 0.5) is 5.69 Å². The molecule has 104 valence electrons. The van der Waals surface area contributed by atoms with E-state index in [1.807, 2.05) is 18.2 Å². The Bertz CT molecular complexity index is 456. The zero-order valence-electron chi connectivity index (χ0n) is 10.7. The van der Waals surface area contributed by atoms with Crippen molar-refractivity contribution in [1.29, 1.82) is 0 Å². The molecule has 0 heterocycles. The van der Waals surface area contributed by atoms with Gasteiger partial charge in [-0.2, -0.15) is 0 Å². The van der Waals surface area contributed by atoms with Crippen LogP contribution in [0.1, 0.15) is 0 Å². The third-order valence-electron chi connectivity index (χ3n) is 2.19. The number of anilines is 1. The Hall–Kier alpha value is -1.05. The minimum atomic E-state index is -0.178. The summed E-state index contributed by atoms with van der Waals surface area (Å²) in [5.41, 5.74) is 0.723. The maximum Gasteiger partial charge on any atom is 0.255 e. The topological polar surface area (TPSA) is 58.6 Å². The van der Waals surface area contributed by atoms with Crippen LogP contribution in [0.25, 0.3) is 0 Å². The van der Waals surface area contributed by atoms with E-state index in [0.29, 0.717) is 0 Å². The number of carbonyl (C=O) groups is 2. The van der Waals surface area contributed by atoms with Crippen LogP contribution in [0.5, 0.6) is 0 Å². The van der Waals surface area contributed by atoms with Gasteiger partial charge in [0, 0.05) is 17.2 Å². The van der Waals surface area contributed by atoms with Gasteiger partial charge in [-0.15, -0.1) is 11.8 Å². The molecule has 0 saturated heterocycles. The molecule has 0 aliphatic rings. The summed E-state index contributed by atoms with van der Waals surface area (Å²) in [6, 6.07) is 7.33. The lowest BCUT2D eigenvalue weighted by Crippen LogP contribution is -2.27. The average molecular weight is 347 g/mol. The molecule has 19 heavy (non-hydrogen) atoms. The van der Waals surface area contributed by atoms with Gasteiger partial charge in [0.1, 0.15) is 0 Å². The number of nitrogens with one attached hydrogen (secondary N) is 1. The molecule has 0 radical (unpaired) electrons. The van der Waals surface area contributed by atoms with E-state index in [9.17, 15) is 9.59 Å². The predicted octanol–water partition coefficient (Wildman–Crippen LogP) is 2.14. The number of benzene rings is 1. The fraction of sp³-hybridized carbons (Fsp3) is 0.333. The quantitative estimate of drug-likeness (QED) is 0.801. The standard InChI is InChI=1S/C12H15BrN2O3S/c1-15(18-2)12(17)8-19-7-11(16)14-10-5-3-4-9(13)6-10/h3-6H,7-8H2,1-2H3,(H,14,16). The molecule has 0 spiro atoms. The summed E-state index contributed by atoms with van der Waals surface area (Å²) in [4.78, 5) is 27.8. The van der Waals surface area contributed by atoms with Crippen molar-refractivity contribution in [3.63, 3.8) is 0 Å². The Morgan fingerprint density at radius 2 is 2.16 bits per heavy atom. The first-order valence-electron chi connectivity index (χ1n) is 5.46. The molecule has 0 aliphatic carbocycles. The van der Waals surface area contributed by atoms with Crippen LogP contribution in [-0.2, 0) is 14.4 Å². The molecule has 1 N–H and O–H groups in total. The number of rotatable bonds is 6.